The Bertz CT molecular complexity index is 348. The zero-order valence-corrected chi connectivity index (χ0v) is 9.90. The number of para-hydroxylation sites is 1. The second-order valence-electron chi connectivity index (χ2n) is 3.37. The van der Waals surface area contributed by atoms with Gasteiger partial charge in [0.25, 0.3) is 0 Å². The molecule has 0 bridgehead atoms. The van der Waals surface area contributed by atoms with Crippen LogP contribution in [0.3, 0.4) is 0 Å². The van der Waals surface area contributed by atoms with Gasteiger partial charge in [0.2, 0.25) is 0 Å². The van der Waals surface area contributed by atoms with Crippen LogP contribution in [0.15, 0.2) is 30.4 Å². The molecule has 3 heteroatoms. The molecule has 0 saturated heterocycles. The molecule has 0 atom stereocenters. The van der Waals surface area contributed by atoms with Crippen LogP contribution in [0.5, 0.6) is 11.5 Å². The molecular weight excluding hydrogens is 202 g/mol. The standard InChI is InChI=1S/C13H19NO2/c1-3-4-10-16-13-11(8-9-14)6-5-7-12(13)15-2/h3-7H,8-10,14H2,1-2H3/b4-3+. The lowest BCUT2D eigenvalue weighted by Gasteiger charge is -2.13. The zero-order chi connectivity index (χ0) is 11.8. The minimum atomic E-state index is 0.550. The molecule has 0 aromatic heterocycles. The van der Waals surface area contributed by atoms with E-state index in [0.717, 1.165) is 23.5 Å². The molecule has 0 aliphatic heterocycles. The van der Waals surface area contributed by atoms with Crippen LogP contribution in [0.4, 0.5) is 0 Å². The maximum atomic E-state index is 5.68. The van der Waals surface area contributed by atoms with Gasteiger partial charge in [-0.05, 0) is 31.5 Å². The predicted molar refractivity (Wildman–Crippen MR) is 66.1 cm³/mol. The van der Waals surface area contributed by atoms with Crippen LogP contribution >= 0.6 is 0 Å². The summed E-state index contributed by atoms with van der Waals surface area (Å²) in [6, 6.07) is 5.86. The summed E-state index contributed by atoms with van der Waals surface area (Å²) in [7, 11) is 1.64. The highest BCUT2D eigenvalue weighted by molar-refractivity contribution is 5.46. The quantitative estimate of drug-likeness (QED) is 0.749. The fraction of sp³-hybridized carbons (Fsp3) is 0.385. The molecule has 0 spiro atoms. The first-order valence-electron chi connectivity index (χ1n) is 5.43. The maximum absolute atomic E-state index is 5.68. The van der Waals surface area contributed by atoms with Crippen molar-refractivity contribution in [1.82, 2.24) is 0 Å². The van der Waals surface area contributed by atoms with Crippen LogP contribution in [0.25, 0.3) is 0 Å². The first-order valence-corrected chi connectivity index (χ1v) is 5.43. The molecule has 16 heavy (non-hydrogen) atoms. The zero-order valence-electron chi connectivity index (χ0n) is 9.90. The largest absolute Gasteiger partial charge is 0.493 e. The average molecular weight is 221 g/mol. The van der Waals surface area contributed by atoms with Gasteiger partial charge in [-0.15, -0.1) is 0 Å². The highest BCUT2D eigenvalue weighted by Gasteiger charge is 2.08. The van der Waals surface area contributed by atoms with E-state index in [1.165, 1.54) is 0 Å². The topological polar surface area (TPSA) is 44.5 Å². The van der Waals surface area contributed by atoms with Crippen LogP contribution < -0.4 is 15.2 Å². The van der Waals surface area contributed by atoms with E-state index in [0.29, 0.717) is 13.2 Å². The molecule has 3 nitrogen and oxygen atoms in total. The van der Waals surface area contributed by atoms with Crippen molar-refractivity contribution < 1.29 is 9.47 Å². The monoisotopic (exact) mass is 221 g/mol. The van der Waals surface area contributed by atoms with Gasteiger partial charge in [-0.1, -0.05) is 24.3 Å². The van der Waals surface area contributed by atoms with E-state index in [1.807, 2.05) is 37.3 Å². The van der Waals surface area contributed by atoms with Crippen LogP contribution in [-0.4, -0.2) is 20.3 Å². The van der Waals surface area contributed by atoms with Gasteiger partial charge >= 0.3 is 0 Å². The van der Waals surface area contributed by atoms with Crippen LogP contribution in [0, 0.1) is 0 Å². The van der Waals surface area contributed by atoms with Gasteiger partial charge in [-0.2, -0.15) is 0 Å². The van der Waals surface area contributed by atoms with Crippen molar-refractivity contribution in [3.63, 3.8) is 0 Å². The predicted octanol–water partition coefficient (Wildman–Crippen LogP) is 2.15. The van der Waals surface area contributed by atoms with Gasteiger partial charge in [-0.3, -0.25) is 0 Å². The van der Waals surface area contributed by atoms with Crippen molar-refractivity contribution in [2.75, 3.05) is 20.3 Å². The van der Waals surface area contributed by atoms with Crippen molar-refractivity contribution in [1.29, 1.82) is 0 Å². The van der Waals surface area contributed by atoms with Crippen molar-refractivity contribution in [3.8, 4) is 11.5 Å². The van der Waals surface area contributed by atoms with Gasteiger partial charge in [-0.25, -0.2) is 0 Å². The third kappa shape index (κ3) is 3.28. The molecule has 88 valence electrons. The van der Waals surface area contributed by atoms with Gasteiger partial charge in [0.15, 0.2) is 11.5 Å². The second-order valence-corrected chi connectivity index (χ2v) is 3.37. The average Bonchev–Trinajstić information content (AvgIpc) is 2.31. The molecule has 1 rings (SSSR count). The normalized spacial score (nSPS) is 10.7. The Morgan fingerprint density at radius 1 is 1.38 bits per heavy atom. The molecule has 1 aromatic carbocycles. The Hall–Kier alpha value is -1.48. The van der Waals surface area contributed by atoms with Gasteiger partial charge < -0.3 is 15.2 Å². The van der Waals surface area contributed by atoms with Crippen LogP contribution in [-0.2, 0) is 6.42 Å². The van der Waals surface area contributed by atoms with E-state index < -0.39 is 0 Å². The molecule has 0 radical (unpaired) electrons. The molecular formula is C13H19NO2. The summed E-state index contributed by atoms with van der Waals surface area (Å²) >= 11 is 0. The molecule has 0 saturated carbocycles. The maximum Gasteiger partial charge on any atom is 0.164 e. The molecule has 0 aliphatic rings. The number of ether oxygens (including phenoxy) is 2. The van der Waals surface area contributed by atoms with Crippen molar-refractivity contribution in [2.24, 2.45) is 5.73 Å². The highest BCUT2D eigenvalue weighted by atomic mass is 16.5. The smallest absolute Gasteiger partial charge is 0.164 e. The summed E-state index contributed by atoms with van der Waals surface area (Å²) < 4.78 is 11.0. The number of hydrogen-bond donors (Lipinski definition) is 1. The lowest BCUT2D eigenvalue weighted by molar-refractivity contribution is 0.323. The lowest BCUT2D eigenvalue weighted by Crippen LogP contribution is -2.06. The Labute approximate surface area is 96.9 Å². The number of methoxy groups -OCH3 is 1. The first kappa shape index (κ1) is 12.6. The molecule has 0 unspecified atom stereocenters. The summed E-state index contributed by atoms with van der Waals surface area (Å²) in [6.07, 6.45) is 4.71. The molecule has 0 aliphatic carbocycles. The van der Waals surface area contributed by atoms with Crippen molar-refractivity contribution >= 4 is 0 Å². The fourth-order valence-electron chi connectivity index (χ4n) is 1.47. The van der Waals surface area contributed by atoms with Crippen molar-refractivity contribution in [3.05, 3.63) is 35.9 Å². The first-order chi connectivity index (χ1) is 7.83. The molecule has 0 fully saturated rings. The van der Waals surface area contributed by atoms with Gasteiger partial charge in [0.1, 0.15) is 6.61 Å². The van der Waals surface area contributed by atoms with E-state index in [-0.39, 0.29) is 0 Å². The number of hydrogen-bond acceptors (Lipinski definition) is 3. The van der Waals surface area contributed by atoms with Gasteiger partial charge in [0, 0.05) is 0 Å². The van der Waals surface area contributed by atoms with E-state index in [1.54, 1.807) is 7.11 Å². The molecule has 1 aromatic rings. The number of allylic oxidation sites excluding steroid dienone is 1. The van der Waals surface area contributed by atoms with E-state index in [4.69, 9.17) is 15.2 Å². The number of benzene rings is 1. The van der Waals surface area contributed by atoms with E-state index in [9.17, 15) is 0 Å². The summed E-state index contributed by atoms with van der Waals surface area (Å²) in [4.78, 5) is 0. The SMILES string of the molecule is C/C=C/COc1c(CCN)cccc1OC. The Morgan fingerprint density at radius 3 is 2.81 bits per heavy atom. The number of nitrogens with two attached hydrogens (primary N) is 1. The van der Waals surface area contributed by atoms with E-state index in [2.05, 4.69) is 0 Å². The summed E-state index contributed by atoms with van der Waals surface area (Å²) in [6.45, 7) is 3.12. The fourth-order valence-corrected chi connectivity index (χ4v) is 1.47. The minimum Gasteiger partial charge on any atom is -0.493 e. The van der Waals surface area contributed by atoms with Crippen molar-refractivity contribution in [2.45, 2.75) is 13.3 Å². The molecule has 0 heterocycles. The minimum absolute atomic E-state index is 0.550. The third-order valence-electron chi connectivity index (χ3n) is 2.25. The van der Waals surface area contributed by atoms with E-state index >= 15 is 0 Å². The third-order valence-corrected chi connectivity index (χ3v) is 2.25. The Balaban J connectivity index is 2.89. The van der Waals surface area contributed by atoms with Gasteiger partial charge in [0.05, 0.1) is 7.11 Å². The molecule has 2 N–H and O–H groups in total. The van der Waals surface area contributed by atoms with Crippen LogP contribution in [0.2, 0.25) is 0 Å². The summed E-state index contributed by atoms with van der Waals surface area (Å²) in [5.74, 6) is 1.56. The molecule has 0 amide bonds. The van der Waals surface area contributed by atoms with Crippen LogP contribution in [0.1, 0.15) is 12.5 Å². The Morgan fingerprint density at radius 2 is 2.19 bits per heavy atom. The summed E-state index contributed by atoms with van der Waals surface area (Å²) in [5.41, 5.74) is 6.65. The second kappa shape index (κ2) is 6.90. The number of rotatable bonds is 6. The highest BCUT2D eigenvalue weighted by Crippen LogP contribution is 2.31. The lowest BCUT2D eigenvalue weighted by atomic mass is 10.1. The Kier molecular flexibility index (Phi) is 5.43. The summed E-state index contributed by atoms with van der Waals surface area (Å²) in [5, 5.41) is 0.